The molecule has 3 rings (SSSR count). The first kappa shape index (κ1) is 17.0. The molecule has 1 aliphatic rings. The zero-order chi connectivity index (χ0) is 16.8. The van der Waals surface area contributed by atoms with E-state index in [1.807, 2.05) is 30.4 Å². The molecule has 0 unspecified atom stereocenters. The van der Waals surface area contributed by atoms with Crippen molar-refractivity contribution in [2.45, 2.75) is 25.8 Å². The number of hydrogen-bond acceptors (Lipinski definition) is 4. The van der Waals surface area contributed by atoms with Crippen LogP contribution in [0.15, 0.2) is 40.7 Å². The summed E-state index contributed by atoms with van der Waals surface area (Å²) in [6.45, 7) is 5.64. The zero-order valence-electron chi connectivity index (χ0n) is 14.1. The third-order valence-corrected chi connectivity index (χ3v) is 5.46. The van der Waals surface area contributed by atoms with Gasteiger partial charge in [-0.25, -0.2) is 0 Å². The predicted molar refractivity (Wildman–Crippen MR) is 98.7 cm³/mol. The number of aromatic hydroxyl groups is 1. The van der Waals surface area contributed by atoms with Gasteiger partial charge in [0.25, 0.3) is 0 Å². The maximum atomic E-state index is 10.3. The molecule has 0 radical (unpaired) electrons. The van der Waals surface area contributed by atoms with E-state index >= 15 is 0 Å². The molecule has 128 valence electrons. The molecule has 0 amide bonds. The number of likely N-dealkylation sites (tertiary alicyclic amines) is 1. The lowest BCUT2D eigenvalue weighted by Crippen LogP contribution is -3.10. The molecule has 1 fully saturated rings. The van der Waals surface area contributed by atoms with E-state index in [4.69, 9.17) is 4.74 Å². The summed E-state index contributed by atoms with van der Waals surface area (Å²) in [7, 11) is 0. The molecular formula is C19H25N2O2S+. The van der Waals surface area contributed by atoms with Crippen LogP contribution in [0.4, 0.5) is 0 Å². The van der Waals surface area contributed by atoms with E-state index in [-0.39, 0.29) is 5.75 Å². The van der Waals surface area contributed by atoms with Gasteiger partial charge in [0.15, 0.2) is 11.5 Å². The summed E-state index contributed by atoms with van der Waals surface area (Å²) in [5.41, 5.74) is 0.710. The standard InChI is InChI=1S/C19H24N2O2S/c1-2-23-17-8-5-7-15(19(17)22)13-20-14-16(18-9-6-12-24-18)21-10-3-4-11-21/h5-9,12-13,16,22H,2-4,10-11,14H2,1H3/p+1/t16-/m0/s1. The van der Waals surface area contributed by atoms with Gasteiger partial charge in [0.1, 0.15) is 6.04 Å². The van der Waals surface area contributed by atoms with Gasteiger partial charge in [-0.15, -0.1) is 11.3 Å². The van der Waals surface area contributed by atoms with Crippen LogP contribution in [0.5, 0.6) is 11.5 Å². The van der Waals surface area contributed by atoms with E-state index in [1.165, 1.54) is 30.8 Å². The number of nitrogens with one attached hydrogen (secondary N) is 1. The van der Waals surface area contributed by atoms with Crippen LogP contribution in [0.3, 0.4) is 0 Å². The summed E-state index contributed by atoms with van der Waals surface area (Å²) in [6, 6.07) is 10.3. The molecule has 2 N–H and O–H groups in total. The van der Waals surface area contributed by atoms with Gasteiger partial charge in [-0.1, -0.05) is 12.1 Å². The highest BCUT2D eigenvalue weighted by atomic mass is 32.1. The van der Waals surface area contributed by atoms with Crippen molar-refractivity contribution in [2.24, 2.45) is 4.99 Å². The van der Waals surface area contributed by atoms with Crippen molar-refractivity contribution in [3.05, 3.63) is 46.2 Å². The van der Waals surface area contributed by atoms with Gasteiger partial charge in [0.2, 0.25) is 0 Å². The number of thiophene rings is 1. The second-order valence-electron chi connectivity index (χ2n) is 6.05. The molecule has 5 heteroatoms. The van der Waals surface area contributed by atoms with Crippen molar-refractivity contribution in [3.8, 4) is 11.5 Å². The van der Waals surface area contributed by atoms with Gasteiger partial charge in [0.05, 0.1) is 31.1 Å². The number of phenols is 1. The van der Waals surface area contributed by atoms with Crippen LogP contribution in [0.2, 0.25) is 0 Å². The first-order valence-corrected chi connectivity index (χ1v) is 9.50. The number of nitrogens with zero attached hydrogens (tertiary/aromatic N) is 1. The molecule has 24 heavy (non-hydrogen) atoms. The Morgan fingerprint density at radius 2 is 2.12 bits per heavy atom. The lowest BCUT2D eigenvalue weighted by Gasteiger charge is -2.22. The molecule has 2 aromatic rings. The fourth-order valence-corrected chi connectivity index (χ4v) is 4.14. The Balaban J connectivity index is 1.72. The minimum Gasteiger partial charge on any atom is -0.504 e. The average molecular weight is 345 g/mol. The third-order valence-electron chi connectivity index (χ3n) is 4.47. The number of para-hydroxylation sites is 1. The zero-order valence-corrected chi connectivity index (χ0v) is 14.9. The first-order valence-electron chi connectivity index (χ1n) is 8.62. The smallest absolute Gasteiger partial charge is 0.166 e. The average Bonchev–Trinajstić information content (AvgIpc) is 3.29. The number of rotatable bonds is 7. The van der Waals surface area contributed by atoms with Crippen LogP contribution < -0.4 is 9.64 Å². The maximum absolute atomic E-state index is 10.3. The van der Waals surface area contributed by atoms with Crippen LogP contribution >= 0.6 is 11.3 Å². The fourth-order valence-electron chi connectivity index (χ4n) is 3.26. The SMILES string of the molecule is CCOc1cccc(C=NC[C@@H](c2cccs2)[NH+]2CCCC2)c1O. The van der Waals surface area contributed by atoms with Gasteiger partial charge in [0, 0.05) is 24.6 Å². The largest absolute Gasteiger partial charge is 0.504 e. The summed E-state index contributed by atoms with van der Waals surface area (Å²) >= 11 is 1.81. The quantitative estimate of drug-likeness (QED) is 0.758. The van der Waals surface area contributed by atoms with E-state index in [0.717, 1.165) is 6.54 Å². The Morgan fingerprint density at radius 3 is 2.83 bits per heavy atom. The molecule has 0 aliphatic carbocycles. The van der Waals surface area contributed by atoms with Crippen LogP contribution in [0.1, 0.15) is 36.2 Å². The molecule has 4 nitrogen and oxygen atoms in total. The number of aliphatic imine (C=N–C) groups is 1. The molecule has 2 heterocycles. The van der Waals surface area contributed by atoms with Crippen molar-refractivity contribution in [2.75, 3.05) is 26.2 Å². The first-order chi connectivity index (χ1) is 11.8. The number of quaternary nitrogens is 1. The second kappa shape index (κ2) is 8.31. The van der Waals surface area contributed by atoms with E-state index in [2.05, 4.69) is 22.5 Å². The number of ether oxygens (including phenoxy) is 1. The second-order valence-corrected chi connectivity index (χ2v) is 7.03. The van der Waals surface area contributed by atoms with E-state index in [9.17, 15) is 5.11 Å². The monoisotopic (exact) mass is 345 g/mol. The van der Waals surface area contributed by atoms with Crippen molar-refractivity contribution in [1.82, 2.24) is 0 Å². The van der Waals surface area contributed by atoms with Gasteiger partial charge in [-0.2, -0.15) is 0 Å². The van der Waals surface area contributed by atoms with Gasteiger partial charge < -0.3 is 14.7 Å². The molecular weight excluding hydrogens is 320 g/mol. The molecule has 1 aliphatic heterocycles. The Bertz CT molecular complexity index is 664. The minimum absolute atomic E-state index is 0.171. The fraction of sp³-hybridized carbons (Fsp3) is 0.421. The highest BCUT2D eigenvalue weighted by molar-refractivity contribution is 7.10. The third kappa shape index (κ3) is 3.97. The highest BCUT2D eigenvalue weighted by Crippen LogP contribution is 2.28. The van der Waals surface area contributed by atoms with E-state index in [0.29, 0.717) is 24.0 Å². The van der Waals surface area contributed by atoms with Crippen LogP contribution in [0.25, 0.3) is 0 Å². The van der Waals surface area contributed by atoms with E-state index < -0.39 is 0 Å². The minimum atomic E-state index is 0.171. The van der Waals surface area contributed by atoms with Crippen molar-refractivity contribution in [1.29, 1.82) is 0 Å². The van der Waals surface area contributed by atoms with Crippen molar-refractivity contribution in [3.63, 3.8) is 0 Å². The van der Waals surface area contributed by atoms with Gasteiger partial charge in [-0.05, 0) is 30.5 Å². The number of hydrogen-bond donors (Lipinski definition) is 2. The normalized spacial score (nSPS) is 16.7. The molecule has 1 atom stereocenters. The lowest BCUT2D eigenvalue weighted by atomic mass is 10.2. The van der Waals surface area contributed by atoms with E-state index in [1.54, 1.807) is 17.2 Å². The predicted octanol–water partition coefficient (Wildman–Crippen LogP) is 2.69. The molecule has 1 aromatic carbocycles. The topological polar surface area (TPSA) is 46.3 Å². The Hall–Kier alpha value is -1.85. The molecule has 0 saturated carbocycles. The van der Waals surface area contributed by atoms with Crippen molar-refractivity contribution >= 4 is 17.6 Å². The highest BCUT2D eigenvalue weighted by Gasteiger charge is 2.27. The Labute approximate surface area is 147 Å². The maximum Gasteiger partial charge on any atom is 0.166 e. The molecule has 0 bridgehead atoms. The van der Waals surface area contributed by atoms with Crippen LogP contribution in [0, 0.1) is 0 Å². The number of phenolic OH excluding ortho intramolecular Hbond substituents is 1. The van der Waals surface area contributed by atoms with Crippen molar-refractivity contribution < 1.29 is 14.7 Å². The van der Waals surface area contributed by atoms with Crippen LogP contribution in [-0.2, 0) is 0 Å². The summed E-state index contributed by atoms with van der Waals surface area (Å²) in [4.78, 5) is 7.68. The Kier molecular flexibility index (Phi) is 5.88. The number of benzene rings is 1. The summed E-state index contributed by atoms with van der Waals surface area (Å²) in [5, 5.41) is 12.4. The lowest BCUT2D eigenvalue weighted by molar-refractivity contribution is -0.917. The van der Waals surface area contributed by atoms with Gasteiger partial charge in [-0.3, -0.25) is 4.99 Å². The summed E-state index contributed by atoms with van der Waals surface area (Å²) in [5.74, 6) is 0.686. The summed E-state index contributed by atoms with van der Waals surface area (Å²) in [6.07, 6.45) is 4.38. The molecule has 1 aromatic heterocycles. The Morgan fingerprint density at radius 1 is 1.29 bits per heavy atom. The molecule has 1 saturated heterocycles. The molecule has 0 spiro atoms. The van der Waals surface area contributed by atoms with Gasteiger partial charge >= 0.3 is 0 Å². The summed E-state index contributed by atoms with van der Waals surface area (Å²) < 4.78 is 5.43. The van der Waals surface area contributed by atoms with Crippen LogP contribution in [-0.4, -0.2) is 37.6 Å².